The first kappa shape index (κ1) is 17.7. The van der Waals surface area contributed by atoms with Crippen LogP contribution in [-0.4, -0.2) is 35.6 Å². The monoisotopic (exact) mass is 372 g/mol. The van der Waals surface area contributed by atoms with Crippen molar-refractivity contribution in [2.24, 2.45) is 0 Å². The molecule has 138 valence electrons. The molecule has 2 aliphatic heterocycles. The van der Waals surface area contributed by atoms with Crippen LogP contribution < -0.4 is 0 Å². The Labute approximate surface area is 155 Å². The smallest absolute Gasteiger partial charge is 0.264 e. The van der Waals surface area contributed by atoms with Gasteiger partial charge in [0.15, 0.2) is 5.71 Å². The second kappa shape index (κ2) is 6.17. The zero-order valence-electron chi connectivity index (χ0n) is 15.5. The molecule has 0 aromatic heterocycles. The summed E-state index contributed by atoms with van der Waals surface area (Å²) in [5.74, 6) is -0.153. The van der Waals surface area contributed by atoms with E-state index in [4.69, 9.17) is 4.55 Å². The highest BCUT2D eigenvalue weighted by molar-refractivity contribution is 7.85. The van der Waals surface area contributed by atoms with Crippen molar-refractivity contribution in [3.8, 4) is 0 Å². The minimum Gasteiger partial charge on any atom is -0.286 e. The summed E-state index contributed by atoms with van der Waals surface area (Å²) in [5, 5.41) is 2.61. The lowest BCUT2D eigenvalue weighted by Gasteiger charge is -2.24. The van der Waals surface area contributed by atoms with Crippen LogP contribution in [0.3, 0.4) is 0 Å². The lowest BCUT2D eigenvalue weighted by Crippen LogP contribution is -2.31. The Morgan fingerprint density at radius 2 is 2.00 bits per heavy atom. The van der Waals surface area contributed by atoms with Crippen LogP contribution in [0.5, 0.6) is 0 Å². The molecular weight excluding hydrogens is 346 g/mol. The third kappa shape index (κ3) is 2.78. The molecule has 26 heavy (non-hydrogen) atoms. The zero-order valence-corrected chi connectivity index (χ0v) is 16.3. The van der Waals surface area contributed by atoms with Crippen LogP contribution in [0.4, 0.5) is 5.69 Å². The van der Waals surface area contributed by atoms with Crippen molar-refractivity contribution in [3.05, 3.63) is 41.5 Å². The van der Waals surface area contributed by atoms with E-state index in [1.165, 1.54) is 39.7 Å². The molecule has 0 aliphatic carbocycles. The summed E-state index contributed by atoms with van der Waals surface area (Å²) in [5.41, 5.74) is 5.52. The average molecular weight is 373 g/mol. The topological polar surface area (TPSA) is 57.4 Å². The van der Waals surface area contributed by atoms with Gasteiger partial charge in [0.05, 0.1) is 11.2 Å². The van der Waals surface area contributed by atoms with E-state index in [9.17, 15) is 8.42 Å². The Kier molecular flexibility index (Phi) is 4.20. The van der Waals surface area contributed by atoms with Crippen molar-refractivity contribution in [2.45, 2.75) is 51.4 Å². The Bertz CT molecular complexity index is 1020. The molecule has 1 N–H and O–H groups in total. The van der Waals surface area contributed by atoms with Crippen molar-refractivity contribution in [1.29, 1.82) is 0 Å². The van der Waals surface area contributed by atoms with E-state index in [1.807, 2.05) is 0 Å². The molecule has 0 saturated heterocycles. The van der Waals surface area contributed by atoms with E-state index in [2.05, 4.69) is 48.8 Å². The molecule has 2 aromatic rings. The van der Waals surface area contributed by atoms with Gasteiger partial charge in [0.1, 0.15) is 6.54 Å². The van der Waals surface area contributed by atoms with Gasteiger partial charge in [-0.05, 0) is 43.0 Å². The molecule has 0 amide bonds. The number of aryl methyl sites for hydroxylation is 1. The largest absolute Gasteiger partial charge is 0.286 e. The van der Waals surface area contributed by atoms with E-state index in [0.29, 0.717) is 6.42 Å². The van der Waals surface area contributed by atoms with E-state index in [1.54, 1.807) is 0 Å². The first-order valence-corrected chi connectivity index (χ1v) is 11.0. The molecule has 0 saturated carbocycles. The van der Waals surface area contributed by atoms with Crippen LogP contribution in [0.2, 0.25) is 0 Å². The summed E-state index contributed by atoms with van der Waals surface area (Å²) in [6.45, 7) is 5.59. The maximum Gasteiger partial charge on any atom is 0.264 e. The maximum absolute atomic E-state index is 11.0. The summed E-state index contributed by atoms with van der Waals surface area (Å²) < 4.78 is 33.6. The standard InChI is InChI=1S/C21H25NO3S/c1-15-21(2,11-5-6-13-26(23,24)25)19-18-10-4-3-8-16(18)14-17-9-7-12-22(15)20(17)19/h3-4,8,10,14H,5-7,9,11-13H2,1-2H3/p+1. The average Bonchev–Trinajstić information content (AvgIpc) is 2.82. The quantitative estimate of drug-likeness (QED) is 0.486. The molecule has 0 fully saturated rings. The number of hydrogen-bond donors (Lipinski definition) is 1. The highest BCUT2D eigenvalue weighted by atomic mass is 32.2. The van der Waals surface area contributed by atoms with Crippen molar-refractivity contribution in [3.63, 3.8) is 0 Å². The van der Waals surface area contributed by atoms with Crippen molar-refractivity contribution in [2.75, 3.05) is 12.3 Å². The van der Waals surface area contributed by atoms with Gasteiger partial charge >= 0.3 is 0 Å². The van der Waals surface area contributed by atoms with E-state index >= 15 is 0 Å². The van der Waals surface area contributed by atoms with Gasteiger partial charge in [-0.15, -0.1) is 0 Å². The minimum absolute atomic E-state index is 0.0888. The summed E-state index contributed by atoms with van der Waals surface area (Å²) in [6, 6.07) is 10.9. The van der Waals surface area contributed by atoms with Crippen LogP contribution in [0.1, 0.15) is 50.7 Å². The number of benzene rings is 2. The second-order valence-electron chi connectivity index (χ2n) is 7.90. The van der Waals surface area contributed by atoms with E-state index < -0.39 is 10.1 Å². The Balaban J connectivity index is 1.79. The summed E-state index contributed by atoms with van der Waals surface area (Å²) >= 11 is 0. The fraction of sp³-hybridized carbons (Fsp3) is 0.476. The molecule has 1 unspecified atom stereocenters. The molecular formula is C21H26NO3S+. The first-order valence-electron chi connectivity index (χ1n) is 9.43. The van der Waals surface area contributed by atoms with Gasteiger partial charge in [-0.2, -0.15) is 13.0 Å². The molecule has 2 heterocycles. The van der Waals surface area contributed by atoms with Gasteiger partial charge in [-0.1, -0.05) is 30.7 Å². The molecule has 2 aliphatic rings. The van der Waals surface area contributed by atoms with Crippen LogP contribution in [0.15, 0.2) is 30.3 Å². The number of unbranched alkanes of at least 4 members (excludes halogenated alkanes) is 1. The first-order chi connectivity index (χ1) is 12.3. The number of rotatable bonds is 5. The fourth-order valence-corrected chi connectivity index (χ4v) is 5.44. The van der Waals surface area contributed by atoms with Gasteiger partial charge in [0, 0.05) is 24.5 Å². The Morgan fingerprint density at radius 3 is 2.77 bits per heavy atom. The van der Waals surface area contributed by atoms with Crippen LogP contribution in [-0.2, 0) is 22.0 Å². The molecule has 4 rings (SSSR count). The third-order valence-electron chi connectivity index (χ3n) is 6.28. The predicted octanol–water partition coefficient (Wildman–Crippen LogP) is 4.22. The van der Waals surface area contributed by atoms with Crippen molar-refractivity contribution in [1.82, 2.24) is 0 Å². The van der Waals surface area contributed by atoms with Gasteiger partial charge in [0.25, 0.3) is 10.1 Å². The Morgan fingerprint density at radius 1 is 1.23 bits per heavy atom. The Hall–Kier alpha value is -1.72. The molecule has 1 atom stereocenters. The van der Waals surface area contributed by atoms with Crippen LogP contribution in [0, 0.1) is 0 Å². The van der Waals surface area contributed by atoms with Crippen LogP contribution in [0.25, 0.3) is 10.8 Å². The molecule has 0 bridgehead atoms. The molecule has 2 aromatic carbocycles. The summed E-state index contributed by atoms with van der Waals surface area (Å²) in [7, 11) is -3.88. The van der Waals surface area contributed by atoms with Gasteiger partial charge < -0.3 is 0 Å². The SMILES string of the molecule is CC1=[N+]2CCCc3cc4ccccc4c(c32)C1(C)CCCCS(=O)(=O)O. The van der Waals surface area contributed by atoms with Gasteiger partial charge in [-0.3, -0.25) is 4.55 Å². The second-order valence-corrected chi connectivity index (χ2v) is 9.47. The minimum atomic E-state index is -3.88. The fourth-order valence-electron chi connectivity index (χ4n) is 4.87. The third-order valence-corrected chi connectivity index (χ3v) is 7.09. The lowest BCUT2D eigenvalue weighted by molar-refractivity contribution is -0.444. The maximum atomic E-state index is 11.0. The van der Waals surface area contributed by atoms with Gasteiger partial charge in [-0.25, -0.2) is 0 Å². The van der Waals surface area contributed by atoms with Crippen molar-refractivity contribution < 1.29 is 17.5 Å². The summed E-state index contributed by atoms with van der Waals surface area (Å²) in [4.78, 5) is 0. The van der Waals surface area contributed by atoms with Crippen LogP contribution >= 0.6 is 0 Å². The number of nitrogens with zero attached hydrogens (tertiary/aromatic N) is 1. The molecule has 4 nitrogen and oxygen atoms in total. The van der Waals surface area contributed by atoms with Crippen molar-refractivity contribution >= 4 is 32.3 Å². The summed E-state index contributed by atoms with van der Waals surface area (Å²) in [6.07, 6.45) is 4.45. The number of hydrogen-bond acceptors (Lipinski definition) is 2. The normalized spacial score (nSPS) is 22.1. The number of fused-ring (bicyclic) bond motifs is 2. The predicted molar refractivity (Wildman–Crippen MR) is 105 cm³/mol. The molecule has 5 heteroatoms. The highest BCUT2D eigenvalue weighted by Gasteiger charge is 2.49. The van der Waals surface area contributed by atoms with Gasteiger partial charge in [0.2, 0.25) is 5.69 Å². The van der Waals surface area contributed by atoms with E-state index in [0.717, 1.165) is 25.8 Å². The zero-order chi connectivity index (χ0) is 18.5. The highest BCUT2D eigenvalue weighted by Crippen LogP contribution is 2.49. The molecule has 0 spiro atoms. The van der Waals surface area contributed by atoms with E-state index in [-0.39, 0.29) is 11.2 Å². The lowest BCUT2D eigenvalue weighted by atomic mass is 9.73. The molecule has 0 radical (unpaired) electrons.